The zero-order valence-corrected chi connectivity index (χ0v) is 15.2. The summed E-state index contributed by atoms with van der Waals surface area (Å²) in [6, 6.07) is 16.7. The summed E-state index contributed by atoms with van der Waals surface area (Å²) >= 11 is 0. The molecule has 1 aliphatic rings. The van der Waals surface area contributed by atoms with E-state index in [0.29, 0.717) is 12.2 Å². The highest BCUT2D eigenvalue weighted by Crippen LogP contribution is 2.33. The van der Waals surface area contributed by atoms with Gasteiger partial charge in [0.25, 0.3) is 0 Å². The number of rotatable bonds is 3. The van der Waals surface area contributed by atoms with Crippen LogP contribution >= 0.6 is 0 Å². The third-order valence-corrected chi connectivity index (χ3v) is 6.47. The molecule has 4 rings (SSSR count). The Morgan fingerprint density at radius 2 is 1.77 bits per heavy atom. The average molecular weight is 368 g/mol. The van der Waals surface area contributed by atoms with E-state index in [4.69, 9.17) is 5.73 Å². The molecule has 0 fully saturated rings. The molecule has 6 nitrogen and oxygen atoms in total. The number of fused-ring (bicyclic) bond motifs is 1. The second kappa shape index (κ2) is 6.35. The van der Waals surface area contributed by atoms with Crippen LogP contribution in [0.5, 0.6) is 0 Å². The first-order chi connectivity index (χ1) is 12.5. The van der Waals surface area contributed by atoms with Gasteiger partial charge in [-0.2, -0.15) is 9.40 Å². The van der Waals surface area contributed by atoms with Crippen molar-refractivity contribution in [1.29, 1.82) is 0 Å². The van der Waals surface area contributed by atoms with E-state index in [1.807, 2.05) is 54.6 Å². The Morgan fingerprint density at radius 1 is 1.08 bits per heavy atom. The van der Waals surface area contributed by atoms with E-state index in [0.717, 1.165) is 16.7 Å². The monoisotopic (exact) mass is 368 g/mol. The number of aryl methyl sites for hydroxylation is 1. The molecule has 0 saturated heterocycles. The maximum absolute atomic E-state index is 13.4. The molecule has 2 N–H and O–H groups in total. The predicted octanol–water partition coefficient (Wildman–Crippen LogP) is 2.29. The fraction of sp³-hybridized carbons (Fsp3) is 0.211. The molecule has 2 heterocycles. The first kappa shape index (κ1) is 17.0. The number of benzene rings is 2. The number of aromatic nitrogens is 2. The maximum Gasteiger partial charge on any atom is 0.247 e. The molecule has 2 aromatic carbocycles. The Hall–Kier alpha value is -2.48. The van der Waals surface area contributed by atoms with Crippen molar-refractivity contribution < 1.29 is 8.42 Å². The molecule has 26 heavy (non-hydrogen) atoms. The van der Waals surface area contributed by atoms with Crippen LogP contribution in [0.2, 0.25) is 0 Å². The fourth-order valence-electron chi connectivity index (χ4n) is 3.39. The van der Waals surface area contributed by atoms with Crippen molar-refractivity contribution in [3.63, 3.8) is 0 Å². The van der Waals surface area contributed by atoms with Gasteiger partial charge in [-0.25, -0.2) is 8.42 Å². The van der Waals surface area contributed by atoms with Crippen LogP contribution in [0.15, 0.2) is 65.7 Å². The van der Waals surface area contributed by atoms with Gasteiger partial charge in [0.15, 0.2) is 0 Å². The lowest BCUT2D eigenvalue weighted by molar-refractivity contribution is 0.358. The molecule has 0 spiro atoms. The van der Waals surface area contributed by atoms with Gasteiger partial charge in [-0.1, -0.05) is 54.6 Å². The van der Waals surface area contributed by atoms with Crippen LogP contribution in [0.4, 0.5) is 0 Å². The van der Waals surface area contributed by atoms with E-state index >= 15 is 0 Å². The van der Waals surface area contributed by atoms with E-state index < -0.39 is 10.0 Å². The summed E-state index contributed by atoms with van der Waals surface area (Å²) in [4.78, 5) is 0.206. The molecule has 0 amide bonds. The lowest BCUT2D eigenvalue weighted by atomic mass is 9.98. The number of nitrogens with two attached hydrogens (primary N) is 1. The molecule has 0 aliphatic carbocycles. The quantitative estimate of drug-likeness (QED) is 0.769. The van der Waals surface area contributed by atoms with Gasteiger partial charge in [0.05, 0.1) is 0 Å². The number of nitrogens with zero attached hydrogens (tertiary/aromatic N) is 3. The van der Waals surface area contributed by atoms with Crippen molar-refractivity contribution >= 4 is 10.0 Å². The minimum atomic E-state index is -3.73. The van der Waals surface area contributed by atoms with Gasteiger partial charge in [-0.05, 0) is 11.1 Å². The minimum absolute atomic E-state index is 0.206. The van der Waals surface area contributed by atoms with Gasteiger partial charge in [0.1, 0.15) is 10.6 Å². The van der Waals surface area contributed by atoms with Crippen LogP contribution in [0.25, 0.3) is 11.3 Å². The van der Waals surface area contributed by atoms with Crippen LogP contribution in [0.3, 0.4) is 0 Å². The van der Waals surface area contributed by atoms with Gasteiger partial charge in [0.2, 0.25) is 10.0 Å². The summed E-state index contributed by atoms with van der Waals surface area (Å²) in [7, 11) is -2.00. The smallest absolute Gasteiger partial charge is 0.247 e. The zero-order chi connectivity index (χ0) is 18.3. The second-order valence-electron chi connectivity index (χ2n) is 6.48. The normalized spacial score (nSPS) is 17.8. The van der Waals surface area contributed by atoms with Crippen molar-refractivity contribution in [2.75, 3.05) is 6.54 Å². The van der Waals surface area contributed by atoms with E-state index in [-0.39, 0.29) is 17.5 Å². The molecule has 1 atom stereocenters. The largest absolute Gasteiger partial charge is 0.323 e. The van der Waals surface area contributed by atoms with Crippen molar-refractivity contribution in [3.8, 4) is 11.3 Å². The van der Waals surface area contributed by atoms with Gasteiger partial charge in [-0.3, -0.25) is 4.68 Å². The van der Waals surface area contributed by atoms with E-state index in [9.17, 15) is 8.42 Å². The number of sulfonamides is 1. The molecule has 1 aliphatic heterocycles. The summed E-state index contributed by atoms with van der Waals surface area (Å²) in [5.74, 6) is 0. The van der Waals surface area contributed by atoms with Gasteiger partial charge < -0.3 is 5.73 Å². The number of hydrogen-bond acceptors (Lipinski definition) is 4. The predicted molar refractivity (Wildman–Crippen MR) is 99.6 cm³/mol. The van der Waals surface area contributed by atoms with Crippen molar-refractivity contribution in [1.82, 2.24) is 14.1 Å². The summed E-state index contributed by atoms with van der Waals surface area (Å²) < 4.78 is 29.7. The van der Waals surface area contributed by atoms with Crippen LogP contribution < -0.4 is 5.73 Å². The molecule has 0 bridgehead atoms. The lowest BCUT2D eigenvalue weighted by Crippen LogP contribution is -2.40. The van der Waals surface area contributed by atoms with E-state index in [1.165, 1.54) is 8.99 Å². The highest BCUT2D eigenvalue weighted by atomic mass is 32.2. The molecule has 0 radical (unpaired) electrons. The SMILES string of the molecule is Cn1cc(S(=O)(=O)N2Cc3ccccc3C(N)C2)c(-c2ccccc2)n1. The molecule has 0 saturated carbocycles. The third-order valence-electron chi connectivity index (χ3n) is 4.66. The Balaban J connectivity index is 1.77. The van der Waals surface area contributed by atoms with Gasteiger partial charge >= 0.3 is 0 Å². The highest BCUT2D eigenvalue weighted by Gasteiger charge is 2.34. The summed E-state index contributed by atoms with van der Waals surface area (Å²) in [5.41, 5.74) is 9.42. The maximum atomic E-state index is 13.4. The Bertz CT molecular complexity index is 1040. The van der Waals surface area contributed by atoms with Gasteiger partial charge in [-0.15, -0.1) is 0 Å². The fourth-order valence-corrected chi connectivity index (χ4v) is 5.02. The van der Waals surface area contributed by atoms with Crippen LogP contribution in [0.1, 0.15) is 17.2 Å². The molecule has 7 heteroatoms. The van der Waals surface area contributed by atoms with E-state index in [2.05, 4.69) is 5.10 Å². The minimum Gasteiger partial charge on any atom is -0.323 e. The molecular formula is C19H20N4O2S. The van der Waals surface area contributed by atoms with Crippen molar-refractivity contribution in [3.05, 3.63) is 71.9 Å². The Morgan fingerprint density at radius 3 is 2.54 bits per heavy atom. The van der Waals surface area contributed by atoms with Gasteiger partial charge in [0, 0.05) is 37.9 Å². The van der Waals surface area contributed by atoms with E-state index in [1.54, 1.807) is 13.2 Å². The summed E-state index contributed by atoms with van der Waals surface area (Å²) in [6.07, 6.45) is 1.56. The number of hydrogen-bond donors (Lipinski definition) is 1. The summed E-state index contributed by atoms with van der Waals surface area (Å²) in [6.45, 7) is 0.567. The van der Waals surface area contributed by atoms with Crippen LogP contribution in [0, 0.1) is 0 Å². The molecule has 1 unspecified atom stereocenters. The van der Waals surface area contributed by atoms with Crippen LogP contribution in [-0.4, -0.2) is 29.0 Å². The first-order valence-electron chi connectivity index (χ1n) is 8.39. The van der Waals surface area contributed by atoms with Crippen LogP contribution in [-0.2, 0) is 23.6 Å². The van der Waals surface area contributed by atoms with Crippen molar-refractivity contribution in [2.24, 2.45) is 12.8 Å². The molecule has 3 aromatic rings. The molecule has 134 valence electrons. The second-order valence-corrected chi connectivity index (χ2v) is 8.39. The third kappa shape index (κ3) is 2.84. The standard InChI is InChI=1S/C19H20N4O2S/c1-22-13-18(19(21-22)14-7-3-2-4-8-14)26(24,25)23-11-15-9-5-6-10-16(15)17(20)12-23/h2-10,13,17H,11-12,20H2,1H3. The average Bonchev–Trinajstić information content (AvgIpc) is 3.05. The Labute approximate surface area is 152 Å². The topological polar surface area (TPSA) is 81.2 Å². The Kier molecular flexibility index (Phi) is 4.14. The zero-order valence-electron chi connectivity index (χ0n) is 14.4. The molecular weight excluding hydrogens is 348 g/mol. The molecule has 1 aromatic heterocycles. The first-order valence-corrected chi connectivity index (χ1v) is 9.83. The highest BCUT2D eigenvalue weighted by molar-refractivity contribution is 7.89. The lowest BCUT2D eigenvalue weighted by Gasteiger charge is -2.31. The summed E-state index contributed by atoms with van der Waals surface area (Å²) in [5, 5.41) is 4.38. The van der Waals surface area contributed by atoms with Crippen molar-refractivity contribution in [2.45, 2.75) is 17.5 Å².